The van der Waals surface area contributed by atoms with Gasteiger partial charge >= 0.3 is 0 Å². The smallest absolute Gasteiger partial charge is 0.255 e. The van der Waals surface area contributed by atoms with Gasteiger partial charge in [0.25, 0.3) is 5.91 Å². The lowest BCUT2D eigenvalue weighted by molar-refractivity contribution is 0.0595. The molecular formula is C17H25N3O2S. The monoisotopic (exact) mass is 335 g/mol. The van der Waals surface area contributed by atoms with Crippen molar-refractivity contribution in [2.45, 2.75) is 32.4 Å². The first kappa shape index (κ1) is 16.6. The van der Waals surface area contributed by atoms with Gasteiger partial charge < -0.3 is 9.64 Å². The molecule has 126 valence electrons. The average Bonchev–Trinajstić information content (AvgIpc) is 3.08. The molecular weight excluding hydrogens is 310 g/mol. The topological polar surface area (TPSA) is 45.7 Å². The Balaban J connectivity index is 1.55. The van der Waals surface area contributed by atoms with Crippen molar-refractivity contribution >= 4 is 17.7 Å². The van der Waals surface area contributed by atoms with Crippen LogP contribution in [0.3, 0.4) is 0 Å². The fourth-order valence-corrected chi connectivity index (χ4v) is 4.07. The molecule has 23 heavy (non-hydrogen) atoms. The minimum Gasteiger partial charge on any atom is -0.473 e. The minimum atomic E-state index is 0.0730. The highest BCUT2D eigenvalue weighted by Crippen LogP contribution is 2.22. The third-order valence-corrected chi connectivity index (χ3v) is 5.62. The minimum absolute atomic E-state index is 0.0730. The second kappa shape index (κ2) is 7.53. The molecule has 1 amide bonds. The predicted molar refractivity (Wildman–Crippen MR) is 93.2 cm³/mol. The summed E-state index contributed by atoms with van der Waals surface area (Å²) < 4.78 is 5.83. The molecule has 0 radical (unpaired) electrons. The van der Waals surface area contributed by atoms with E-state index in [2.05, 4.69) is 23.7 Å². The molecule has 1 aromatic rings. The fourth-order valence-electron chi connectivity index (χ4n) is 2.98. The molecule has 2 aliphatic rings. The predicted octanol–water partition coefficient (Wildman–Crippen LogP) is 2.13. The van der Waals surface area contributed by atoms with Crippen LogP contribution in [0.25, 0.3) is 0 Å². The van der Waals surface area contributed by atoms with Gasteiger partial charge in [-0.05, 0) is 32.1 Å². The second-order valence-electron chi connectivity index (χ2n) is 6.41. The van der Waals surface area contributed by atoms with E-state index in [0.717, 1.165) is 44.1 Å². The Hall–Kier alpha value is -1.27. The number of pyridine rings is 1. The van der Waals surface area contributed by atoms with Gasteiger partial charge in [0.15, 0.2) is 0 Å². The zero-order chi connectivity index (χ0) is 16.2. The van der Waals surface area contributed by atoms with Gasteiger partial charge in [0, 0.05) is 50.2 Å². The van der Waals surface area contributed by atoms with Gasteiger partial charge in [0.1, 0.15) is 6.10 Å². The molecule has 0 N–H and O–H groups in total. The summed E-state index contributed by atoms with van der Waals surface area (Å²) in [6.07, 6.45) is 2.99. The molecule has 1 unspecified atom stereocenters. The van der Waals surface area contributed by atoms with Crippen LogP contribution in [-0.4, -0.2) is 70.5 Å². The van der Waals surface area contributed by atoms with Crippen molar-refractivity contribution in [3.8, 4) is 5.88 Å². The summed E-state index contributed by atoms with van der Waals surface area (Å²) in [7, 11) is 0. The number of carbonyl (C=O) groups excluding carboxylic acids is 1. The fraction of sp³-hybridized carbons (Fsp3) is 0.647. The molecule has 1 aromatic heterocycles. The van der Waals surface area contributed by atoms with Gasteiger partial charge in [-0.2, -0.15) is 11.8 Å². The Kier molecular flexibility index (Phi) is 5.43. The second-order valence-corrected chi connectivity index (χ2v) is 7.56. The zero-order valence-corrected chi connectivity index (χ0v) is 14.7. The molecule has 2 fully saturated rings. The van der Waals surface area contributed by atoms with Crippen LogP contribution in [0.15, 0.2) is 18.3 Å². The molecule has 2 saturated heterocycles. The molecule has 0 aliphatic carbocycles. The van der Waals surface area contributed by atoms with Gasteiger partial charge in [-0.15, -0.1) is 0 Å². The van der Waals surface area contributed by atoms with Crippen LogP contribution >= 0.6 is 11.8 Å². The van der Waals surface area contributed by atoms with Crippen molar-refractivity contribution in [2.75, 3.05) is 37.7 Å². The number of aromatic nitrogens is 1. The van der Waals surface area contributed by atoms with Crippen LogP contribution in [0.5, 0.6) is 5.88 Å². The van der Waals surface area contributed by atoms with E-state index in [4.69, 9.17) is 4.74 Å². The summed E-state index contributed by atoms with van der Waals surface area (Å²) >= 11 is 1.91. The summed E-state index contributed by atoms with van der Waals surface area (Å²) in [6.45, 7) is 7.85. The van der Waals surface area contributed by atoms with Crippen molar-refractivity contribution < 1.29 is 9.53 Å². The third-order valence-electron chi connectivity index (χ3n) is 4.49. The summed E-state index contributed by atoms with van der Waals surface area (Å²) in [5, 5.41) is 0. The van der Waals surface area contributed by atoms with Crippen LogP contribution in [-0.2, 0) is 0 Å². The van der Waals surface area contributed by atoms with E-state index in [9.17, 15) is 4.79 Å². The Morgan fingerprint density at radius 1 is 1.30 bits per heavy atom. The summed E-state index contributed by atoms with van der Waals surface area (Å²) in [6, 6.07) is 4.20. The first-order valence-electron chi connectivity index (χ1n) is 8.37. The SMILES string of the molecule is CC(C)N1CCN(C(=O)c2ccc(OC3CCSC3)nc2)CC1. The van der Waals surface area contributed by atoms with Crippen LogP contribution in [0, 0.1) is 0 Å². The highest BCUT2D eigenvalue weighted by Gasteiger charge is 2.24. The third kappa shape index (κ3) is 4.18. The molecule has 0 bridgehead atoms. The van der Waals surface area contributed by atoms with E-state index in [1.54, 1.807) is 6.20 Å². The van der Waals surface area contributed by atoms with E-state index < -0.39 is 0 Å². The van der Waals surface area contributed by atoms with Crippen molar-refractivity contribution in [1.82, 2.24) is 14.8 Å². The summed E-state index contributed by atoms with van der Waals surface area (Å²) in [5.74, 6) is 2.88. The first-order valence-corrected chi connectivity index (χ1v) is 9.53. The van der Waals surface area contributed by atoms with Crippen molar-refractivity contribution in [1.29, 1.82) is 0 Å². The number of carbonyl (C=O) groups is 1. The number of hydrogen-bond acceptors (Lipinski definition) is 5. The van der Waals surface area contributed by atoms with E-state index in [1.807, 2.05) is 28.8 Å². The van der Waals surface area contributed by atoms with Crippen LogP contribution in [0.2, 0.25) is 0 Å². The van der Waals surface area contributed by atoms with Gasteiger partial charge in [0.05, 0.1) is 5.56 Å². The van der Waals surface area contributed by atoms with Gasteiger partial charge in [-0.1, -0.05) is 0 Å². The zero-order valence-electron chi connectivity index (χ0n) is 13.9. The van der Waals surface area contributed by atoms with Gasteiger partial charge in [-0.25, -0.2) is 4.98 Å². The number of amides is 1. The van der Waals surface area contributed by atoms with Crippen molar-refractivity contribution in [3.63, 3.8) is 0 Å². The molecule has 0 saturated carbocycles. The van der Waals surface area contributed by atoms with Crippen molar-refractivity contribution in [3.05, 3.63) is 23.9 Å². The van der Waals surface area contributed by atoms with Crippen molar-refractivity contribution in [2.24, 2.45) is 0 Å². The number of thioether (sulfide) groups is 1. The molecule has 0 spiro atoms. The largest absolute Gasteiger partial charge is 0.473 e. The van der Waals surface area contributed by atoms with Crippen LogP contribution in [0.4, 0.5) is 0 Å². The van der Waals surface area contributed by atoms with E-state index in [-0.39, 0.29) is 12.0 Å². The lowest BCUT2D eigenvalue weighted by atomic mass is 10.2. The van der Waals surface area contributed by atoms with Gasteiger partial charge in [-0.3, -0.25) is 9.69 Å². The first-order chi connectivity index (χ1) is 11.1. The molecule has 5 nitrogen and oxygen atoms in total. The number of ether oxygens (including phenoxy) is 1. The van der Waals surface area contributed by atoms with E-state index in [1.165, 1.54) is 0 Å². The Labute approximate surface area is 142 Å². The maximum absolute atomic E-state index is 12.6. The summed E-state index contributed by atoms with van der Waals surface area (Å²) in [5.41, 5.74) is 0.649. The normalized spacial score (nSPS) is 22.6. The standard InChI is InChI=1S/C17H25N3O2S/c1-13(2)19-6-8-20(9-7-19)17(21)14-3-4-16(18-11-14)22-15-5-10-23-12-15/h3-4,11,13,15H,5-10,12H2,1-2H3. The number of nitrogens with zero attached hydrogens (tertiary/aromatic N) is 3. The molecule has 2 aliphatic heterocycles. The Morgan fingerprint density at radius 2 is 2.09 bits per heavy atom. The molecule has 3 heterocycles. The number of rotatable bonds is 4. The van der Waals surface area contributed by atoms with Gasteiger partial charge in [0.2, 0.25) is 5.88 Å². The van der Waals surface area contributed by atoms with Crippen LogP contribution in [0.1, 0.15) is 30.6 Å². The average molecular weight is 335 g/mol. The maximum Gasteiger partial charge on any atom is 0.255 e. The molecule has 1 atom stereocenters. The highest BCUT2D eigenvalue weighted by atomic mass is 32.2. The van der Waals surface area contributed by atoms with E-state index in [0.29, 0.717) is 17.5 Å². The highest BCUT2D eigenvalue weighted by molar-refractivity contribution is 7.99. The summed E-state index contributed by atoms with van der Waals surface area (Å²) in [4.78, 5) is 21.2. The Morgan fingerprint density at radius 3 is 2.65 bits per heavy atom. The van der Waals surface area contributed by atoms with E-state index >= 15 is 0 Å². The number of hydrogen-bond donors (Lipinski definition) is 0. The number of piperazine rings is 1. The lowest BCUT2D eigenvalue weighted by Crippen LogP contribution is -2.50. The lowest BCUT2D eigenvalue weighted by Gasteiger charge is -2.36. The molecule has 6 heteroatoms. The maximum atomic E-state index is 12.6. The quantitative estimate of drug-likeness (QED) is 0.843. The van der Waals surface area contributed by atoms with Crippen LogP contribution < -0.4 is 4.74 Å². The molecule has 3 rings (SSSR count). The molecule has 0 aromatic carbocycles. The Bertz CT molecular complexity index is 521.